The van der Waals surface area contributed by atoms with Crippen molar-refractivity contribution in [3.63, 3.8) is 0 Å². The zero-order valence-electron chi connectivity index (χ0n) is 14.4. The highest BCUT2D eigenvalue weighted by molar-refractivity contribution is 5.85. The zero-order valence-corrected chi connectivity index (χ0v) is 14.4. The Morgan fingerprint density at radius 3 is 2.43 bits per heavy atom. The van der Waals surface area contributed by atoms with Gasteiger partial charge in [-0.1, -0.05) is 27.7 Å². The van der Waals surface area contributed by atoms with E-state index in [1.54, 1.807) is 13.8 Å². The number of ether oxygens (including phenoxy) is 1. The van der Waals surface area contributed by atoms with Gasteiger partial charge in [0.1, 0.15) is 6.04 Å². The summed E-state index contributed by atoms with van der Waals surface area (Å²) in [6.45, 7) is 12.6. The summed E-state index contributed by atoms with van der Waals surface area (Å²) >= 11 is 0. The molecule has 0 aromatic carbocycles. The van der Waals surface area contributed by atoms with Gasteiger partial charge < -0.3 is 10.1 Å². The van der Waals surface area contributed by atoms with Crippen LogP contribution in [-0.2, 0) is 14.3 Å². The molecule has 1 fully saturated rings. The topological polar surface area (TPSA) is 55.4 Å². The molecule has 0 radical (unpaired) electrons. The van der Waals surface area contributed by atoms with E-state index in [0.717, 1.165) is 19.3 Å². The predicted molar refractivity (Wildman–Crippen MR) is 83.7 cm³/mol. The van der Waals surface area contributed by atoms with Crippen LogP contribution in [0.25, 0.3) is 0 Å². The van der Waals surface area contributed by atoms with Crippen LogP contribution in [0.15, 0.2) is 0 Å². The Kier molecular flexibility index (Phi) is 6.24. The Bertz CT molecular complexity index is 376. The minimum absolute atomic E-state index is 0.00188. The van der Waals surface area contributed by atoms with Gasteiger partial charge in [-0.15, -0.1) is 0 Å². The van der Waals surface area contributed by atoms with Gasteiger partial charge in [-0.25, -0.2) is 4.79 Å². The van der Waals surface area contributed by atoms with Gasteiger partial charge >= 0.3 is 5.97 Å². The van der Waals surface area contributed by atoms with E-state index < -0.39 is 6.04 Å². The minimum atomic E-state index is -0.574. The quantitative estimate of drug-likeness (QED) is 0.793. The zero-order chi connectivity index (χ0) is 16.2. The Morgan fingerprint density at radius 2 is 1.90 bits per heavy atom. The second-order valence-electron chi connectivity index (χ2n) is 7.40. The summed E-state index contributed by atoms with van der Waals surface area (Å²) in [6.07, 6.45) is 3.13. The van der Waals surface area contributed by atoms with Gasteiger partial charge in [0.2, 0.25) is 5.91 Å². The molecule has 21 heavy (non-hydrogen) atoms. The van der Waals surface area contributed by atoms with Crippen molar-refractivity contribution in [2.24, 2.45) is 23.2 Å². The van der Waals surface area contributed by atoms with E-state index in [0.29, 0.717) is 18.4 Å². The lowest BCUT2D eigenvalue weighted by molar-refractivity contribution is -0.148. The van der Waals surface area contributed by atoms with E-state index in [-0.39, 0.29) is 23.2 Å². The molecule has 1 N–H and O–H groups in total. The van der Waals surface area contributed by atoms with Crippen LogP contribution in [0.5, 0.6) is 0 Å². The number of rotatable bonds is 5. The molecule has 1 amide bonds. The van der Waals surface area contributed by atoms with Crippen molar-refractivity contribution in [2.45, 2.75) is 66.8 Å². The molecule has 0 aromatic rings. The van der Waals surface area contributed by atoms with E-state index in [9.17, 15) is 9.59 Å². The molecule has 3 atom stereocenters. The van der Waals surface area contributed by atoms with Crippen molar-refractivity contribution < 1.29 is 14.3 Å². The third-order valence-electron chi connectivity index (χ3n) is 4.64. The molecule has 122 valence electrons. The molecule has 0 aliphatic heterocycles. The van der Waals surface area contributed by atoms with Gasteiger partial charge in [0.25, 0.3) is 0 Å². The molecular weight excluding hydrogens is 266 g/mol. The van der Waals surface area contributed by atoms with E-state index in [2.05, 4.69) is 33.0 Å². The second-order valence-corrected chi connectivity index (χ2v) is 7.40. The Balaban J connectivity index is 2.73. The molecule has 4 nitrogen and oxygen atoms in total. The fraction of sp³-hybridized carbons (Fsp3) is 0.882. The molecule has 1 aliphatic carbocycles. The van der Waals surface area contributed by atoms with Crippen molar-refractivity contribution in [3.8, 4) is 0 Å². The Labute approximate surface area is 129 Å². The average Bonchev–Trinajstić information content (AvgIpc) is 2.37. The second kappa shape index (κ2) is 7.28. The molecule has 0 bridgehead atoms. The summed E-state index contributed by atoms with van der Waals surface area (Å²) in [7, 11) is 0. The van der Waals surface area contributed by atoms with Crippen LogP contribution < -0.4 is 5.32 Å². The lowest BCUT2D eigenvalue weighted by atomic mass is 9.64. The average molecular weight is 297 g/mol. The van der Waals surface area contributed by atoms with Gasteiger partial charge in [0, 0.05) is 5.92 Å². The van der Waals surface area contributed by atoms with Crippen LogP contribution >= 0.6 is 0 Å². The van der Waals surface area contributed by atoms with Gasteiger partial charge in [-0.05, 0) is 50.4 Å². The molecule has 1 aliphatic rings. The lowest BCUT2D eigenvalue weighted by Crippen LogP contribution is -2.47. The van der Waals surface area contributed by atoms with Gasteiger partial charge in [-0.3, -0.25) is 4.79 Å². The SMILES string of the molecule is CCOC(=O)[C@H](C)NC(=O)C1CC(C)(C)CCC1C(C)C. The van der Waals surface area contributed by atoms with Crippen LogP contribution in [0.3, 0.4) is 0 Å². The smallest absolute Gasteiger partial charge is 0.328 e. The first-order valence-electron chi connectivity index (χ1n) is 8.15. The number of hydrogen-bond donors (Lipinski definition) is 1. The summed E-state index contributed by atoms with van der Waals surface area (Å²) in [5.74, 6) is 0.511. The van der Waals surface area contributed by atoms with Crippen LogP contribution in [0.1, 0.15) is 60.8 Å². The first-order chi connectivity index (χ1) is 9.68. The van der Waals surface area contributed by atoms with Crippen molar-refractivity contribution in [2.75, 3.05) is 6.61 Å². The number of hydrogen-bond acceptors (Lipinski definition) is 3. The predicted octanol–water partition coefficient (Wildman–Crippen LogP) is 3.15. The van der Waals surface area contributed by atoms with Gasteiger partial charge in [-0.2, -0.15) is 0 Å². The number of carbonyl (C=O) groups is 2. The van der Waals surface area contributed by atoms with Gasteiger partial charge in [0.15, 0.2) is 0 Å². The largest absolute Gasteiger partial charge is 0.464 e. The van der Waals surface area contributed by atoms with Crippen LogP contribution in [0.4, 0.5) is 0 Å². The van der Waals surface area contributed by atoms with Crippen LogP contribution in [0.2, 0.25) is 0 Å². The van der Waals surface area contributed by atoms with E-state index in [4.69, 9.17) is 4.74 Å². The van der Waals surface area contributed by atoms with Gasteiger partial charge in [0.05, 0.1) is 6.61 Å². The van der Waals surface area contributed by atoms with E-state index in [1.165, 1.54) is 0 Å². The Hall–Kier alpha value is -1.06. The summed E-state index contributed by atoms with van der Waals surface area (Å²) < 4.78 is 4.95. The molecule has 0 saturated heterocycles. The fourth-order valence-corrected chi connectivity index (χ4v) is 3.34. The third kappa shape index (κ3) is 5.01. The van der Waals surface area contributed by atoms with Crippen LogP contribution in [-0.4, -0.2) is 24.5 Å². The summed E-state index contributed by atoms with van der Waals surface area (Å²) in [5, 5.41) is 2.84. The lowest BCUT2D eigenvalue weighted by Gasteiger charge is -2.42. The standard InChI is InChI=1S/C17H31NO3/c1-7-21-16(20)12(4)18-15(19)14-10-17(5,6)9-8-13(14)11(2)3/h11-14H,7-10H2,1-6H3,(H,18,19)/t12-,13?,14?/m0/s1. The maximum atomic E-state index is 12.6. The molecular formula is C17H31NO3. The fourth-order valence-electron chi connectivity index (χ4n) is 3.34. The molecule has 0 aromatic heterocycles. The first-order valence-corrected chi connectivity index (χ1v) is 8.15. The van der Waals surface area contributed by atoms with Crippen molar-refractivity contribution >= 4 is 11.9 Å². The summed E-state index contributed by atoms with van der Waals surface area (Å²) in [4.78, 5) is 24.3. The maximum absolute atomic E-state index is 12.6. The van der Waals surface area contributed by atoms with E-state index >= 15 is 0 Å². The number of carbonyl (C=O) groups excluding carboxylic acids is 2. The number of amides is 1. The van der Waals surface area contributed by atoms with Crippen molar-refractivity contribution in [1.29, 1.82) is 0 Å². The third-order valence-corrected chi connectivity index (χ3v) is 4.64. The molecule has 1 rings (SSSR count). The highest BCUT2D eigenvalue weighted by Crippen LogP contribution is 2.44. The highest BCUT2D eigenvalue weighted by Gasteiger charge is 2.40. The monoisotopic (exact) mass is 297 g/mol. The molecule has 4 heteroatoms. The maximum Gasteiger partial charge on any atom is 0.328 e. The first kappa shape index (κ1) is 18.0. The van der Waals surface area contributed by atoms with Crippen LogP contribution in [0, 0.1) is 23.2 Å². The number of nitrogens with one attached hydrogen (secondary N) is 1. The minimum Gasteiger partial charge on any atom is -0.464 e. The molecule has 1 saturated carbocycles. The van der Waals surface area contributed by atoms with E-state index in [1.807, 2.05) is 0 Å². The summed E-state index contributed by atoms with van der Waals surface area (Å²) in [6, 6.07) is -0.574. The number of esters is 1. The molecule has 0 spiro atoms. The molecule has 0 heterocycles. The Morgan fingerprint density at radius 1 is 1.29 bits per heavy atom. The molecule has 2 unspecified atom stereocenters. The summed E-state index contributed by atoms with van der Waals surface area (Å²) in [5.41, 5.74) is 0.195. The van der Waals surface area contributed by atoms with Crippen molar-refractivity contribution in [1.82, 2.24) is 5.32 Å². The normalized spacial score (nSPS) is 26.2. The van der Waals surface area contributed by atoms with Crippen molar-refractivity contribution in [3.05, 3.63) is 0 Å². The highest BCUT2D eigenvalue weighted by atomic mass is 16.5.